The third-order valence-electron chi connectivity index (χ3n) is 3.13. The Kier molecular flexibility index (Phi) is 11.8. The molecule has 0 aliphatic carbocycles. The van der Waals surface area contributed by atoms with E-state index in [1.165, 1.54) is 57.9 Å². The summed E-state index contributed by atoms with van der Waals surface area (Å²) in [5, 5.41) is 0. The van der Waals surface area contributed by atoms with Gasteiger partial charge in [0.25, 0.3) is 0 Å². The van der Waals surface area contributed by atoms with Gasteiger partial charge in [-0.2, -0.15) is 0 Å². The maximum Gasteiger partial charge on any atom is 0.129 e. The molecule has 0 saturated carbocycles. The molecule has 17 heavy (non-hydrogen) atoms. The summed E-state index contributed by atoms with van der Waals surface area (Å²) in [6, 6.07) is 0. The number of rotatable bonds is 12. The molecular formula is C15H31NO. The Morgan fingerprint density at radius 1 is 0.765 bits per heavy atom. The molecule has 0 amide bonds. The quantitative estimate of drug-likeness (QED) is 0.481. The smallest absolute Gasteiger partial charge is 0.129 e. The molecule has 2 nitrogen and oxygen atoms in total. The first-order chi connectivity index (χ1) is 8.13. The maximum atomic E-state index is 10.7. The Hall–Kier alpha value is -0.370. The predicted octanol–water partition coefficient (Wildman–Crippen LogP) is 4.04. The van der Waals surface area contributed by atoms with E-state index in [-0.39, 0.29) is 0 Å². The first-order valence-electron chi connectivity index (χ1n) is 7.27. The van der Waals surface area contributed by atoms with Crippen molar-refractivity contribution in [1.29, 1.82) is 0 Å². The molecule has 0 rings (SSSR count). The lowest BCUT2D eigenvalue weighted by Crippen LogP contribution is -2.12. The van der Waals surface area contributed by atoms with Crippen molar-refractivity contribution >= 4 is 5.78 Å². The van der Waals surface area contributed by atoms with Gasteiger partial charge in [0.1, 0.15) is 5.78 Å². The molecule has 0 aromatic carbocycles. The molecule has 0 fully saturated rings. The van der Waals surface area contributed by atoms with Gasteiger partial charge in [0, 0.05) is 6.42 Å². The molecule has 0 saturated heterocycles. The van der Waals surface area contributed by atoms with Gasteiger partial charge in [0.2, 0.25) is 0 Å². The standard InChI is InChI=1S/C15H31NO/c1-15(17)13-11-9-7-5-4-6-8-10-12-14-16(2)3/h4-14H2,1-3H3. The molecule has 0 aromatic heterocycles. The summed E-state index contributed by atoms with van der Waals surface area (Å²) in [4.78, 5) is 13.0. The largest absolute Gasteiger partial charge is 0.309 e. The monoisotopic (exact) mass is 241 g/mol. The van der Waals surface area contributed by atoms with Crippen molar-refractivity contribution in [3.63, 3.8) is 0 Å². The number of nitrogens with zero attached hydrogens (tertiary/aromatic N) is 1. The van der Waals surface area contributed by atoms with Crippen molar-refractivity contribution in [2.75, 3.05) is 20.6 Å². The second-order valence-electron chi connectivity index (χ2n) is 5.44. The van der Waals surface area contributed by atoms with Gasteiger partial charge in [-0.05, 0) is 40.4 Å². The van der Waals surface area contributed by atoms with E-state index in [0.29, 0.717) is 5.78 Å². The van der Waals surface area contributed by atoms with Gasteiger partial charge in [-0.1, -0.05) is 44.9 Å². The number of hydrogen-bond donors (Lipinski definition) is 0. The summed E-state index contributed by atoms with van der Waals surface area (Å²) in [5.74, 6) is 0.339. The maximum absolute atomic E-state index is 10.7. The topological polar surface area (TPSA) is 20.3 Å². The SMILES string of the molecule is CC(=O)CCCCCCCCCCCN(C)C. The van der Waals surface area contributed by atoms with Crippen LogP contribution in [0.15, 0.2) is 0 Å². The summed E-state index contributed by atoms with van der Waals surface area (Å²) in [6.07, 6.45) is 12.6. The summed E-state index contributed by atoms with van der Waals surface area (Å²) < 4.78 is 0. The van der Waals surface area contributed by atoms with Gasteiger partial charge in [-0.3, -0.25) is 0 Å². The number of carbonyl (C=O) groups excluding carboxylic acids is 1. The molecule has 0 aromatic rings. The zero-order valence-electron chi connectivity index (χ0n) is 12.1. The predicted molar refractivity (Wildman–Crippen MR) is 75.4 cm³/mol. The number of ketones is 1. The Labute approximate surface area is 108 Å². The fraction of sp³-hybridized carbons (Fsp3) is 0.933. The number of hydrogen-bond acceptors (Lipinski definition) is 2. The van der Waals surface area contributed by atoms with Crippen molar-refractivity contribution in [2.24, 2.45) is 0 Å². The van der Waals surface area contributed by atoms with E-state index < -0.39 is 0 Å². The van der Waals surface area contributed by atoms with E-state index in [1.54, 1.807) is 6.92 Å². The third-order valence-corrected chi connectivity index (χ3v) is 3.13. The third kappa shape index (κ3) is 15.6. The molecule has 0 unspecified atom stereocenters. The average Bonchev–Trinajstić information content (AvgIpc) is 2.25. The molecule has 0 bridgehead atoms. The Bertz CT molecular complexity index is 178. The normalized spacial score (nSPS) is 11.1. The van der Waals surface area contributed by atoms with Crippen molar-refractivity contribution in [2.45, 2.75) is 71.1 Å². The molecule has 0 radical (unpaired) electrons. The van der Waals surface area contributed by atoms with E-state index >= 15 is 0 Å². The molecule has 0 atom stereocenters. The molecule has 102 valence electrons. The van der Waals surface area contributed by atoms with Crippen LogP contribution in [0.3, 0.4) is 0 Å². The fourth-order valence-corrected chi connectivity index (χ4v) is 2.04. The van der Waals surface area contributed by atoms with Gasteiger partial charge >= 0.3 is 0 Å². The highest BCUT2D eigenvalue weighted by Gasteiger charge is 1.95. The van der Waals surface area contributed by atoms with Crippen LogP contribution in [0, 0.1) is 0 Å². The van der Waals surface area contributed by atoms with Gasteiger partial charge in [0.15, 0.2) is 0 Å². The van der Waals surface area contributed by atoms with Gasteiger partial charge in [0.05, 0.1) is 0 Å². The number of carbonyl (C=O) groups is 1. The minimum Gasteiger partial charge on any atom is -0.309 e. The first-order valence-corrected chi connectivity index (χ1v) is 7.27. The van der Waals surface area contributed by atoms with E-state index in [0.717, 1.165) is 12.8 Å². The van der Waals surface area contributed by atoms with Crippen LogP contribution in [0.5, 0.6) is 0 Å². The number of unbranched alkanes of at least 4 members (excludes halogenated alkanes) is 8. The minimum absolute atomic E-state index is 0.339. The highest BCUT2D eigenvalue weighted by molar-refractivity contribution is 5.75. The van der Waals surface area contributed by atoms with E-state index in [4.69, 9.17) is 0 Å². The molecule has 0 aliphatic heterocycles. The molecule has 0 N–H and O–H groups in total. The van der Waals surface area contributed by atoms with Crippen LogP contribution in [-0.2, 0) is 4.79 Å². The van der Waals surface area contributed by atoms with Crippen LogP contribution < -0.4 is 0 Å². The lowest BCUT2D eigenvalue weighted by Gasteiger charge is -2.08. The lowest BCUT2D eigenvalue weighted by atomic mass is 10.1. The van der Waals surface area contributed by atoms with E-state index in [2.05, 4.69) is 19.0 Å². The van der Waals surface area contributed by atoms with Gasteiger partial charge in [-0.15, -0.1) is 0 Å². The zero-order valence-corrected chi connectivity index (χ0v) is 12.1. The van der Waals surface area contributed by atoms with Crippen LogP contribution in [-0.4, -0.2) is 31.3 Å². The Balaban J connectivity index is 2.96. The van der Waals surface area contributed by atoms with Gasteiger partial charge in [-0.25, -0.2) is 0 Å². The van der Waals surface area contributed by atoms with Crippen LogP contribution in [0.1, 0.15) is 71.1 Å². The highest BCUT2D eigenvalue weighted by atomic mass is 16.1. The summed E-state index contributed by atoms with van der Waals surface area (Å²) >= 11 is 0. The minimum atomic E-state index is 0.339. The van der Waals surface area contributed by atoms with Crippen molar-refractivity contribution in [3.05, 3.63) is 0 Å². The van der Waals surface area contributed by atoms with Crippen LogP contribution in [0.25, 0.3) is 0 Å². The second kappa shape index (κ2) is 12.1. The fourth-order valence-electron chi connectivity index (χ4n) is 2.04. The first kappa shape index (κ1) is 16.6. The van der Waals surface area contributed by atoms with Crippen molar-refractivity contribution < 1.29 is 4.79 Å². The number of Topliss-reactive ketones (excluding diaryl/α,β-unsaturated/α-hetero) is 1. The second-order valence-corrected chi connectivity index (χ2v) is 5.44. The molecular weight excluding hydrogens is 210 g/mol. The van der Waals surface area contributed by atoms with E-state index in [1.807, 2.05) is 0 Å². The van der Waals surface area contributed by atoms with Crippen LogP contribution in [0.4, 0.5) is 0 Å². The molecule has 0 spiro atoms. The highest BCUT2D eigenvalue weighted by Crippen LogP contribution is 2.10. The summed E-state index contributed by atoms with van der Waals surface area (Å²) in [6.45, 7) is 2.92. The molecule has 0 heterocycles. The summed E-state index contributed by atoms with van der Waals surface area (Å²) in [7, 11) is 4.28. The molecule has 2 heteroatoms. The average molecular weight is 241 g/mol. The van der Waals surface area contributed by atoms with Crippen LogP contribution >= 0.6 is 0 Å². The van der Waals surface area contributed by atoms with Gasteiger partial charge < -0.3 is 9.69 Å². The van der Waals surface area contributed by atoms with E-state index in [9.17, 15) is 4.79 Å². The molecule has 0 aliphatic rings. The van der Waals surface area contributed by atoms with Crippen LogP contribution in [0.2, 0.25) is 0 Å². The Morgan fingerprint density at radius 2 is 1.18 bits per heavy atom. The Morgan fingerprint density at radius 3 is 1.59 bits per heavy atom. The summed E-state index contributed by atoms with van der Waals surface area (Å²) in [5.41, 5.74) is 0. The lowest BCUT2D eigenvalue weighted by molar-refractivity contribution is -0.117. The van der Waals surface area contributed by atoms with Crippen molar-refractivity contribution in [3.8, 4) is 0 Å². The van der Waals surface area contributed by atoms with Crippen molar-refractivity contribution in [1.82, 2.24) is 4.90 Å². The zero-order chi connectivity index (χ0) is 12.9.